The monoisotopic (exact) mass is 263 g/mol. The van der Waals surface area contributed by atoms with E-state index in [4.69, 9.17) is 5.11 Å². The average molecular weight is 263 g/mol. The maximum atomic E-state index is 13.6. The second-order valence-corrected chi connectivity index (χ2v) is 3.99. The number of anilines is 1. The van der Waals surface area contributed by atoms with Crippen LogP contribution in [-0.4, -0.2) is 20.9 Å². The van der Waals surface area contributed by atoms with Gasteiger partial charge in [0.2, 0.25) is 0 Å². The molecule has 6 heteroatoms. The standard InChI is InChI=1S/C13H14FN3O2/c1-2-17-10(5-6-16-17)8-15-12-7-9(13(18)19)3-4-11(12)14/h3-7,15H,2,8H2,1H3,(H,18,19). The molecule has 0 spiro atoms. The first-order valence-electron chi connectivity index (χ1n) is 5.89. The molecule has 19 heavy (non-hydrogen) atoms. The Kier molecular flexibility index (Phi) is 3.79. The number of hydrogen-bond donors (Lipinski definition) is 2. The van der Waals surface area contributed by atoms with E-state index in [-0.39, 0.29) is 11.3 Å². The Bertz CT molecular complexity index is 595. The number of carboxylic acid groups (broad SMARTS) is 1. The Morgan fingerprint density at radius 3 is 2.95 bits per heavy atom. The van der Waals surface area contributed by atoms with Gasteiger partial charge in [0, 0.05) is 12.7 Å². The Morgan fingerprint density at radius 1 is 1.47 bits per heavy atom. The number of halogens is 1. The molecule has 5 nitrogen and oxygen atoms in total. The van der Waals surface area contributed by atoms with Gasteiger partial charge >= 0.3 is 5.97 Å². The Labute approximate surface area is 109 Å². The van der Waals surface area contributed by atoms with Crippen LogP contribution in [0.25, 0.3) is 0 Å². The van der Waals surface area contributed by atoms with Gasteiger partial charge in [-0.15, -0.1) is 0 Å². The minimum absolute atomic E-state index is 0.0490. The molecule has 0 amide bonds. The minimum Gasteiger partial charge on any atom is -0.478 e. The molecule has 0 aliphatic heterocycles. The predicted octanol–water partition coefficient (Wildman–Crippen LogP) is 2.35. The summed E-state index contributed by atoms with van der Waals surface area (Å²) < 4.78 is 15.3. The van der Waals surface area contributed by atoms with Crippen LogP contribution < -0.4 is 5.32 Å². The molecule has 0 bridgehead atoms. The number of benzene rings is 1. The van der Waals surface area contributed by atoms with Crippen LogP contribution in [0.5, 0.6) is 0 Å². The highest BCUT2D eigenvalue weighted by atomic mass is 19.1. The van der Waals surface area contributed by atoms with Crippen molar-refractivity contribution in [3.05, 3.63) is 47.5 Å². The van der Waals surface area contributed by atoms with E-state index in [1.807, 2.05) is 13.0 Å². The largest absolute Gasteiger partial charge is 0.478 e. The lowest BCUT2D eigenvalue weighted by Crippen LogP contribution is -2.09. The van der Waals surface area contributed by atoms with Crippen LogP contribution in [0.2, 0.25) is 0 Å². The van der Waals surface area contributed by atoms with Gasteiger partial charge in [0.15, 0.2) is 0 Å². The highest BCUT2D eigenvalue weighted by Gasteiger charge is 2.09. The number of carbonyl (C=O) groups is 1. The first kappa shape index (κ1) is 13.1. The Hall–Kier alpha value is -2.37. The second-order valence-electron chi connectivity index (χ2n) is 3.99. The molecule has 0 fully saturated rings. The second kappa shape index (κ2) is 5.51. The molecule has 1 aromatic carbocycles. The molecule has 2 N–H and O–H groups in total. The summed E-state index contributed by atoms with van der Waals surface area (Å²) in [5.74, 6) is -1.56. The molecular formula is C13H14FN3O2. The van der Waals surface area contributed by atoms with Crippen LogP contribution in [0.4, 0.5) is 10.1 Å². The summed E-state index contributed by atoms with van der Waals surface area (Å²) in [6.07, 6.45) is 1.67. The number of rotatable bonds is 5. The number of carboxylic acids is 1. The van der Waals surface area contributed by atoms with Crippen LogP contribution >= 0.6 is 0 Å². The van der Waals surface area contributed by atoms with Gasteiger partial charge in [-0.2, -0.15) is 5.10 Å². The van der Waals surface area contributed by atoms with Gasteiger partial charge in [-0.3, -0.25) is 4.68 Å². The third kappa shape index (κ3) is 2.90. The number of aromatic nitrogens is 2. The molecule has 100 valence electrons. The number of aryl methyl sites for hydroxylation is 1. The Balaban J connectivity index is 2.15. The summed E-state index contributed by atoms with van der Waals surface area (Å²) in [7, 11) is 0. The third-order valence-electron chi connectivity index (χ3n) is 2.78. The topological polar surface area (TPSA) is 67.2 Å². The molecule has 1 heterocycles. The molecular weight excluding hydrogens is 249 g/mol. The minimum atomic E-state index is -1.08. The smallest absolute Gasteiger partial charge is 0.335 e. The van der Waals surface area contributed by atoms with Gasteiger partial charge in [0.1, 0.15) is 5.82 Å². The SMILES string of the molecule is CCn1nccc1CNc1cc(C(=O)O)ccc1F. The van der Waals surface area contributed by atoms with Crippen LogP contribution in [-0.2, 0) is 13.1 Å². The van der Waals surface area contributed by atoms with Crippen molar-refractivity contribution in [2.75, 3.05) is 5.32 Å². The maximum absolute atomic E-state index is 13.6. The fourth-order valence-corrected chi connectivity index (χ4v) is 1.77. The summed E-state index contributed by atoms with van der Waals surface area (Å²) in [6, 6.07) is 5.49. The van der Waals surface area contributed by atoms with Crippen LogP contribution in [0, 0.1) is 5.82 Å². The number of nitrogens with zero attached hydrogens (tertiary/aromatic N) is 2. The summed E-state index contributed by atoms with van der Waals surface area (Å²) in [5.41, 5.74) is 1.12. The van der Waals surface area contributed by atoms with E-state index >= 15 is 0 Å². The van der Waals surface area contributed by atoms with Crippen molar-refractivity contribution in [2.24, 2.45) is 0 Å². The molecule has 0 aliphatic rings. The molecule has 1 aromatic heterocycles. The van der Waals surface area contributed by atoms with E-state index < -0.39 is 11.8 Å². The van der Waals surface area contributed by atoms with E-state index in [1.54, 1.807) is 10.9 Å². The fraction of sp³-hybridized carbons (Fsp3) is 0.231. The normalized spacial score (nSPS) is 10.4. The third-order valence-corrected chi connectivity index (χ3v) is 2.78. The summed E-state index contributed by atoms with van der Waals surface area (Å²) >= 11 is 0. The van der Waals surface area contributed by atoms with Gasteiger partial charge in [-0.05, 0) is 31.2 Å². The molecule has 0 saturated heterocycles. The zero-order valence-corrected chi connectivity index (χ0v) is 10.4. The van der Waals surface area contributed by atoms with Crippen molar-refractivity contribution in [2.45, 2.75) is 20.0 Å². The fourth-order valence-electron chi connectivity index (χ4n) is 1.77. The first-order chi connectivity index (χ1) is 9.11. The van der Waals surface area contributed by atoms with Crippen molar-refractivity contribution < 1.29 is 14.3 Å². The van der Waals surface area contributed by atoms with E-state index in [2.05, 4.69) is 10.4 Å². The maximum Gasteiger partial charge on any atom is 0.335 e. The molecule has 0 radical (unpaired) electrons. The molecule has 2 aromatic rings. The van der Waals surface area contributed by atoms with Gasteiger partial charge in [0.25, 0.3) is 0 Å². The number of nitrogens with one attached hydrogen (secondary N) is 1. The van der Waals surface area contributed by atoms with Gasteiger partial charge in [-0.1, -0.05) is 0 Å². The quantitative estimate of drug-likeness (QED) is 0.869. The number of aromatic carboxylic acids is 1. The summed E-state index contributed by atoms with van der Waals surface area (Å²) in [5, 5.41) is 15.9. The zero-order chi connectivity index (χ0) is 13.8. The van der Waals surface area contributed by atoms with E-state index in [0.717, 1.165) is 18.3 Å². The molecule has 0 saturated carbocycles. The molecule has 0 aliphatic carbocycles. The van der Waals surface area contributed by atoms with Crippen LogP contribution in [0.1, 0.15) is 23.0 Å². The summed E-state index contributed by atoms with van der Waals surface area (Å²) in [6.45, 7) is 3.07. The van der Waals surface area contributed by atoms with Gasteiger partial charge in [0.05, 0.1) is 23.5 Å². The van der Waals surface area contributed by atoms with Crippen molar-refractivity contribution in [1.82, 2.24) is 9.78 Å². The van der Waals surface area contributed by atoms with Crippen molar-refractivity contribution in [3.8, 4) is 0 Å². The van der Waals surface area contributed by atoms with Gasteiger partial charge < -0.3 is 10.4 Å². The average Bonchev–Trinajstić information content (AvgIpc) is 2.85. The first-order valence-corrected chi connectivity index (χ1v) is 5.89. The van der Waals surface area contributed by atoms with Crippen LogP contribution in [0.3, 0.4) is 0 Å². The lowest BCUT2D eigenvalue weighted by atomic mass is 10.2. The van der Waals surface area contributed by atoms with Crippen LogP contribution in [0.15, 0.2) is 30.5 Å². The van der Waals surface area contributed by atoms with Gasteiger partial charge in [-0.25, -0.2) is 9.18 Å². The Morgan fingerprint density at radius 2 is 2.26 bits per heavy atom. The van der Waals surface area contributed by atoms with E-state index in [9.17, 15) is 9.18 Å². The summed E-state index contributed by atoms with van der Waals surface area (Å²) in [4.78, 5) is 10.8. The lowest BCUT2D eigenvalue weighted by molar-refractivity contribution is 0.0697. The molecule has 0 atom stereocenters. The van der Waals surface area contributed by atoms with Crippen molar-refractivity contribution >= 4 is 11.7 Å². The predicted molar refractivity (Wildman–Crippen MR) is 68.6 cm³/mol. The van der Waals surface area contributed by atoms with Crippen molar-refractivity contribution in [1.29, 1.82) is 0 Å². The molecule has 0 unspecified atom stereocenters. The van der Waals surface area contributed by atoms with Crippen molar-refractivity contribution in [3.63, 3.8) is 0 Å². The zero-order valence-electron chi connectivity index (χ0n) is 10.4. The molecule has 2 rings (SSSR count). The lowest BCUT2D eigenvalue weighted by Gasteiger charge is -2.09. The van der Waals surface area contributed by atoms with E-state index in [1.165, 1.54) is 12.1 Å². The van der Waals surface area contributed by atoms with E-state index in [0.29, 0.717) is 6.54 Å². The highest BCUT2D eigenvalue weighted by molar-refractivity contribution is 5.88. The highest BCUT2D eigenvalue weighted by Crippen LogP contribution is 2.17. The number of hydrogen-bond acceptors (Lipinski definition) is 3.